The first-order valence-electron chi connectivity index (χ1n) is 14.1. The van der Waals surface area contributed by atoms with Crippen molar-refractivity contribution in [1.82, 2.24) is 10.2 Å². The lowest BCUT2D eigenvalue weighted by Gasteiger charge is -2.28. The smallest absolute Gasteiger partial charge is 0.245 e. The Morgan fingerprint density at radius 2 is 1.75 bits per heavy atom. The molecular weight excluding hydrogens is 510 g/mol. The van der Waals surface area contributed by atoms with Crippen LogP contribution in [0.15, 0.2) is 29.1 Å². The summed E-state index contributed by atoms with van der Waals surface area (Å²) < 4.78 is 17.1. The number of anilines is 1. The quantitative estimate of drug-likeness (QED) is 0.478. The van der Waals surface area contributed by atoms with Gasteiger partial charge in [0.1, 0.15) is 6.04 Å². The van der Waals surface area contributed by atoms with Gasteiger partial charge in [0.25, 0.3) is 0 Å². The zero-order valence-corrected chi connectivity index (χ0v) is 24.4. The Bertz CT molecular complexity index is 1320. The van der Waals surface area contributed by atoms with Gasteiger partial charge >= 0.3 is 0 Å². The van der Waals surface area contributed by atoms with Crippen LogP contribution in [0.3, 0.4) is 0 Å². The molecule has 9 nitrogen and oxygen atoms in total. The topological polar surface area (TPSA) is 106 Å². The van der Waals surface area contributed by atoms with E-state index in [2.05, 4.69) is 10.6 Å². The largest absolute Gasteiger partial charge is 0.493 e. The van der Waals surface area contributed by atoms with Crippen LogP contribution in [0.25, 0.3) is 11.1 Å². The van der Waals surface area contributed by atoms with E-state index < -0.39 is 12.1 Å². The van der Waals surface area contributed by atoms with Gasteiger partial charge in [0.15, 0.2) is 11.5 Å². The van der Waals surface area contributed by atoms with Crippen molar-refractivity contribution in [3.8, 4) is 28.4 Å². The Balaban J connectivity index is 1.90. The molecule has 2 aromatic carbocycles. The molecule has 2 N–H and O–H groups in total. The zero-order chi connectivity index (χ0) is 29.0. The van der Waals surface area contributed by atoms with E-state index in [1.54, 1.807) is 33.5 Å². The second-order valence-corrected chi connectivity index (χ2v) is 10.6. The monoisotopic (exact) mass is 551 g/mol. The third kappa shape index (κ3) is 5.74. The molecule has 0 spiro atoms. The number of benzene rings is 1. The van der Waals surface area contributed by atoms with Crippen LogP contribution in [0, 0.1) is 5.92 Å². The molecule has 1 aliphatic heterocycles. The molecule has 40 heavy (non-hydrogen) atoms. The molecule has 1 saturated heterocycles. The summed E-state index contributed by atoms with van der Waals surface area (Å²) in [4.78, 5) is 41.3. The number of fused-ring (bicyclic) bond motifs is 3. The fraction of sp³-hybridized carbons (Fsp3) is 0.516. The summed E-state index contributed by atoms with van der Waals surface area (Å²) in [6, 6.07) is 6.21. The van der Waals surface area contributed by atoms with Crippen molar-refractivity contribution in [2.75, 3.05) is 39.7 Å². The summed E-state index contributed by atoms with van der Waals surface area (Å²) in [5.74, 6) is 1.36. The first kappa shape index (κ1) is 29.2. The fourth-order valence-electron chi connectivity index (χ4n) is 5.81. The molecule has 0 radical (unpaired) electrons. The second-order valence-electron chi connectivity index (χ2n) is 10.6. The number of amides is 2. The Labute approximate surface area is 236 Å². The first-order chi connectivity index (χ1) is 19.2. The van der Waals surface area contributed by atoms with Gasteiger partial charge in [-0.25, -0.2) is 0 Å². The minimum atomic E-state index is -0.518. The van der Waals surface area contributed by atoms with Crippen LogP contribution in [0.5, 0.6) is 17.2 Å². The van der Waals surface area contributed by atoms with E-state index in [9.17, 15) is 14.4 Å². The number of hydrogen-bond donors (Lipinski definition) is 2. The fourth-order valence-corrected chi connectivity index (χ4v) is 5.81. The molecule has 0 aromatic heterocycles. The third-order valence-electron chi connectivity index (χ3n) is 8.12. The Hall–Kier alpha value is -3.75. The number of rotatable bonds is 9. The molecule has 4 rings (SSSR count). The van der Waals surface area contributed by atoms with E-state index in [4.69, 9.17) is 14.2 Å². The van der Waals surface area contributed by atoms with Crippen molar-refractivity contribution < 1.29 is 23.8 Å². The molecule has 1 aliphatic carbocycles. The summed E-state index contributed by atoms with van der Waals surface area (Å²) in [7, 11) is 4.70. The average Bonchev–Trinajstić information content (AvgIpc) is 3.39. The Kier molecular flexibility index (Phi) is 9.22. The molecule has 3 atom stereocenters. The minimum absolute atomic E-state index is 0.0271. The number of aryl methyl sites for hydroxylation is 1. The van der Waals surface area contributed by atoms with Gasteiger partial charge in [-0.05, 0) is 66.5 Å². The number of nitrogens with one attached hydrogen (secondary N) is 2. The lowest BCUT2D eigenvalue weighted by molar-refractivity contribution is -0.132. The predicted molar refractivity (Wildman–Crippen MR) is 155 cm³/mol. The number of hydrogen-bond acceptors (Lipinski definition) is 7. The highest BCUT2D eigenvalue weighted by atomic mass is 16.5. The molecule has 3 unspecified atom stereocenters. The number of carbonyl (C=O) groups is 2. The van der Waals surface area contributed by atoms with E-state index in [-0.39, 0.29) is 23.2 Å². The van der Waals surface area contributed by atoms with Crippen molar-refractivity contribution in [2.45, 2.75) is 65.0 Å². The predicted octanol–water partition coefficient (Wildman–Crippen LogP) is 4.31. The summed E-state index contributed by atoms with van der Waals surface area (Å²) in [6.45, 7) is 7.04. The summed E-state index contributed by atoms with van der Waals surface area (Å²) in [5, 5.41) is 6.34. The highest BCUT2D eigenvalue weighted by molar-refractivity contribution is 5.86. The first-order valence-corrected chi connectivity index (χ1v) is 14.1. The van der Waals surface area contributed by atoms with Gasteiger partial charge in [-0.1, -0.05) is 26.3 Å². The molecule has 1 fully saturated rings. The van der Waals surface area contributed by atoms with Crippen LogP contribution in [0.4, 0.5) is 5.69 Å². The van der Waals surface area contributed by atoms with Crippen LogP contribution in [-0.2, 0) is 16.0 Å². The molecule has 2 aromatic rings. The molecule has 0 saturated carbocycles. The molecule has 216 valence electrons. The molecular formula is C31H41N3O6. The van der Waals surface area contributed by atoms with Crippen molar-refractivity contribution in [1.29, 1.82) is 0 Å². The van der Waals surface area contributed by atoms with Gasteiger partial charge in [0, 0.05) is 25.6 Å². The van der Waals surface area contributed by atoms with Gasteiger partial charge in [-0.2, -0.15) is 0 Å². The molecule has 2 amide bonds. The van der Waals surface area contributed by atoms with Crippen molar-refractivity contribution in [3.05, 3.63) is 45.6 Å². The second kappa shape index (κ2) is 12.6. The van der Waals surface area contributed by atoms with Crippen molar-refractivity contribution in [2.24, 2.45) is 5.92 Å². The number of ether oxygens (including phenoxy) is 3. The van der Waals surface area contributed by atoms with Gasteiger partial charge in [0.2, 0.25) is 23.0 Å². The van der Waals surface area contributed by atoms with Gasteiger partial charge in [-0.15, -0.1) is 0 Å². The standard InChI is InChI=1S/C31H41N3O6/c1-7-18(2)28(31(37)34-14-8-9-15-34)33-24-13-11-21-22(17-25(24)36)23(32-19(3)35)12-10-20-16-26(38-4)29(39-5)30(40-6)27(20)21/h11,13,16-18,23,28H,7-10,12,14-15H2,1-6H3,(H,32,35)(H,33,36). The molecule has 0 bridgehead atoms. The van der Waals surface area contributed by atoms with E-state index in [1.807, 2.05) is 30.9 Å². The number of carbonyl (C=O) groups excluding carboxylic acids is 2. The zero-order valence-electron chi connectivity index (χ0n) is 24.4. The number of nitrogens with zero attached hydrogens (tertiary/aromatic N) is 1. The minimum Gasteiger partial charge on any atom is -0.493 e. The van der Waals surface area contributed by atoms with Crippen molar-refractivity contribution >= 4 is 17.5 Å². The summed E-state index contributed by atoms with van der Waals surface area (Å²) in [5.41, 5.74) is 3.27. The van der Waals surface area contributed by atoms with Crippen molar-refractivity contribution in [3.63, 3.8) is 0 Å². The lowest BCUT2D eigenvalue weighted by atomic mass is 9.95. The highest BCUT2D eigenvalue weighted by Gasteiger charge is 2.32. The van der Waals surface area contributed by atoms with E-state index in [0.29, 0.717) is 41.3 Å². The molecule has 9 heteroatoms. The average molecular weight is 552 g/mol. The van der Waals surface area contributed by atoms with Gasteiger partial charge in [-0.3, -0.25) is 14.4 Å². The summed E-state index contributed by atoms with van der Waals surface area (Å²) >= 11 is 0. The van der Waals surface area contributed by atoms with Gasteiger partial charge in [0.05, 0.1) is 33.1 Å². The maximum absolute atomic E-state index is 13.7. The number of likely N-dealkylation sites (tertiary alicyclic amines) is 1. The SMILES string of the molecule is CCC(C)C(Nc1ccc2c(cc1=O)C(NC(C)=O)CCc1cc(OC)c(OC)c(OC)c1-2)C(=O)N1CCCC1. The molecule has 2 aliphatic rings. The van der Waals surface area contributed by atoms with Gasteiger partial charge < -0.3 is 29.7 Å². The van der Waals surface area contributed by atoms with Crippen LogP contribution in [0.2, 0.25) is 0 Å². The Morgan fingerprint density at radius 1 is 1.05 bits per heavy atom. The Morgan fingerprint density at radius 3 is 2.35 bits per heavy atom. The van der Waals surface area contributed by atoms with E-state index in [0.717, 1.165) is 49.0 Å². The maximum atomic E-state index is 13.7. The van der Waals surface area contributed by atoms with E-state index >= 15 is 0 Å². The molecule has 1 heterocycles. The third-order valence-corrected chi connectivity index (χ3v) is 8.12. The van der Waals surface area contributed by atoms with Crippen LogP contribution >= 0.6 is 0 Å². The number of methoxy groups -OCH3 is 3. The van der Waals surface area contributed by atoms with Crippen LogP contribution < -0.4 is 30.3 Å². The normalized spacial score (nSPS) is 17.6. The maximum Gasteiger partial charge on any atom is 0.245 e. The van der Waals surface area contributed by atoms with Crippen LogP contribution in [-0.4, -0.2) is 57.2 Å². The highest BCUT2D eigenvalue weighted by Crippen LogP contribution is 2.50. The van der Waals surface area contributed by atoms with E-state index in [1.165, 1.54) is 6.92 Å². The lowest BCUT2D eigenvalue weighted by Crippen LogP contribution is -2.45. The summed E-state index contributed by atoms with van der Waals surface area (Å²) in [6.07, 6.45) is 3.98. The van der Waals surface area contributed by atoms with Crippen LogP contribution in [0.1, 0.15) is 63.6 Å².